The second kappa shape index (κ2) is 4.08. The van der Waals surface area contributed by atoms with E-state index in [4.69, 9.17) is 4.74 Å². The van der Waals surface area contributed by atoms with Crippen LogP contribution in [0.15, 0.2) is 0 Å². The zero-order valence-corrected chi connectivity index (χ0v) is 9.64. The van der Waals surface area contributed by atoms with Crippen LogP contribution in [0.1, 0.15) is 33.1 Å². The number of rotatable bonds is 4. The van der Waals surface area contributed by atoms with Crippen LogP contribution in [0.25, 0.3) is 0 Å². The van der Waals surface area contributed by atoms with Gasteiger partial charge in [0.2, 0.25) is 0 Å². The number of carbonyl (C=O) groups excluding carboxylic acids is 1. The molecule has 1 saturated heterocycles. The minimum atomic E-state index is -4.60. The fraction of sp³-hybridized carbons (Fsp3) is 0.889. The van der Waals surface area contributed by atoms with Crippen molar-refractivity contribution in [2.24, 2.45) is 5.41 Å². The van der Waals surface area contributed by atoms with Gasteiger partial charge in [-0.15, -0.1) is 3.89 Å². The minimum Gasteiger partial charge on any atom is -0.461 e. The maximum absolute atomic E-state index is 12.6. The molecular formula is C9H15FO4S. The number of hydrogen-bond acceptors (Lipinski definition) is 4. The number of esters is 1. The lowest BCUT2D eigenvalue weighted by Gasteiger charge is -2.29. The van der Waals surface area contributed by atoms with Crippen molar-refractivity contribution in [1.29, 1.82) is 0 Å². The molecule has 1 rings (SSSR count). The Morgan fingerprint density at radius 3 is 2.40 bits per heavy atom. The molecule has 88 valence electrons. The van der Waals surface area contributed by atoms with Crippen LogP contribution in [-0.2, 0) is 19.8 Å². The van der Waals surface area contributed by atoms with E-state index in [0.29, 0.717) is 12.8 Å². The molecule has 1 fully saturated rings. The summed E-state index contributed by atoms with van der Waals surface area (Å²) < 4.78 is 38.6. The van der Waals surface area contributed by atoms with E-state index in [-0.39, 0.29) is 6.42 Å². The van der Waals surface area contributed by atoms with Gasteiger partial charge in [-0.1, -0.05) is 13.8 Å². The van der Waals surface area contributed by atoms with Crippen LogP contribution in [0.2, 0.25) is 0 Å². The van der Waals surface area contributed by atoms with Gasteiger partial charge in [0.15, 0.2) is 0 Å². The Bertz CT molecular complexity index is 345. The predicted molar refractivity (Wildman–Crippen MR) is 52.4 cm³/mol. The lowest BCUT2D eigenvalue weighted by Crippen LogP contribution is -2.34. The first-order valence-corrected chi connectivity index (χ1v) is 6.50. The van der Waals surface area contributed by atoms with E-state index >= 15 is 0 Å². The predicted octanol–water partition coefficient (Wildman–Crippen LogP) is 1.41. The van der Waals surface area contributed by atoms with Crippen LogP contribution in [0.4, 0.5) is 3.89 Å². The molecule has 0 aromatic carbocycles. The van der Waals surface area contributed by atoms with Gasteiger partial charge in [0, 0.05) is 5.41 Å². The van der Waals surface area contributed by atoms with Crippen molar-refractivity contribution in [3.05, 3.63) is 0 Å². The van der Waals surface area contributed by atoms with E-state index in [1.54, 1.807) is 0 Å². The summed E-state index contributed by atoms with van der Waals surface area (Å²) in [7, 11) is -4.60. The van der Waals surface area contributed by atoms with E-state index in [9.17, 15) is 17.1 Å². The molecule has 0 saturated carbocycles. The van der Waals surface area contributed by atoms with Crippen LogP contribution in [0.5, 0.6) is 0 Å². The highest BCUT2D eigenvalue weighted by Gasteiger charge is 2.48. The lowest BCUT2D eigenvalue weighted by atomic mass is 9.77. The zero-order valence-electron chi connectivity index (χ0n) is 8.82. The molecule has 0 spiro atoms. The SMILES string of the molecule is CCC1(CC)CC(=O)OC1CS(=O)(=O)F. The average molecular weight is 238 g/mol. The normalized spacial score (nSPS) is 25.3. The Balaban J connectivity index is 2.90. The second-order valence-corrected chi connectivity index (χ2v) is 5.34. The topological polar surface area (TPSA) is 60.4 Å². The Hall–Kier alpha value is -0.650. The molecule has 0 aromatic rings. The summed E-state index contributed by atoms with van der Waals surface area (Å²) in [5.74, 6) is -1.16. The zero-order chi connectivity index (χ0) is 11.7. The molecule has 0 N–H and O–H groups in total. The van der Waals surface area contributed by atoms with Crippen molar-refractivity contribution in [1.82, 2.24) is 0 Å². The summed E-state index contributed by atoms with van der Waals surface area (Å²) in [4.78, 5) is 11.1. The van der Waals surface area contributed by atoms with E-state index in [2.05, 4.69) is 0 Å². The van der Waals surface area contributed by atoms with Gasteiger partial charge in [0.25, 0.3) is 0 Å². The van der Waals surface area contributed by atoms with Crippen LogP contribution >= 0.6 is 0 Å². The molecule has 15 heavy (non-hydrogen) atoms. The molecule has 1 unspecified atom stereocenters. The summed E-state index contributed by atoms with van der Waals surface area (Å²) in [6, 6.07) is 0. The van der Waals surface area contributed by atoms with Gasteiger partial charge in [0.1, 0.15) is 11.9 Å². The Kier molecular flexibility index (Phi) is 3.38. The van der Waals surface area contributed by atoms with Crippen molar-refractivity contribution in [3.8, 4) is 0 Å². The third kappa shape index (κ3) is 2.68. The number of cyclic esters (lactones) is 1. The minimum absolute atomic E-state index is 0.181. The van der Waals surface area contributed by atoms with Gasteiger partial charge in [-0.2, -0.15) is 8.42 Å². The van der Waals surface area contributed by atoms with E-state index in [1.165, 1.54) is 0 Å². The smallest absolute Gasteiger partial charge is 0.306 e. The lowest BCUT2D eigenvalue weighted by molar-refractivity contribution is -0.141. The molecule has 4 nitrogen and oxygen atoms in total. The molecule has 1 heterocycles. The number of carbonyl (C=O) groups is 1. The van der Waals surface area contributed by atoms with E-state index in [0.717, 1.165) is 0 Å². The maximum Gasteiger partial charge on any atom is 0.306 e. The summed E-state index contributed by atoms with van der Waals surface area (Å²) in [6.07, 6.45) is 0.556. The molecule has 1 atom stereocenters. The van der Waals surface area contributed by atoms with Gasteiger partial charge in [0.05, 0.1) is 6.42 Å². The third-order valence-electron chi connectivity index (χ3n) is 3.21. The summed E-state index contributed by atoms with van der Waals surface area (Å²) in [5, 5.41) is 0. The summed E-state index contributed by atoms with van der Waals surface area (Å²) in [5.41, 5.74) is -0.518. The average Bonchev–Trinajstić information content (AvgIpc) is 2.40. The summed E-state index contributed by atoms with van der Waals surface area (Å²) >= 11 is 0. The largest absolute Gasteiger partial charge is 0.461 e. The molecule has 0 aromatic heterocycles. The Morgan fingerprint density at radius 1 is 1.47 bits per heavy atom. The van der Waals surface area contributed by atoms with Crippen LogP contribution in [0, 0.1) is 5.41 Å². The van der Waals surface area contributed by atoms with Crippen LogP contribution in [0.3, 0.4) is 0 Å². The van der Waals surface area contributed by atoms with Gasteiger partial charge in [-0.25, -0.2) is 0 Å². The van der Waals surface area contributed by atoms with Gasteiger partial charge >= 0.3 is 16.2 Å². The molecule has 0 radical (unpaired) electrons. The molecule has 0 aliphatic carbocycles. The highest BCUT2D eigenvalue weighted by molar-refractivity contribution is 7.86. The van der Waals surface area contributed by atoms with Crippen molar-refractivity contribution in [2.45, 2.75) is 39.2 Å². The van der Waals surface area contributed by atoms with Crippen molar-refractivity contribution in [2.75, 3.05) is 5.75 Å². The van der Waals surface area contributed by atoms with Gasteiger partial charge < -0.3 is 4.74 Å². The fourth-order valence-corrected chi connectivity index (χ4v) is 2.86. The highest BCUT2D eigenvalue weighted by atomic mass is 32.3. The fourth-order valence-electron chi connectivity index (χ4n) is 2.07. The monoisotopic (exact) mass is 238 g/mol. The second-order valence-electron chi connectivity index (χ2n) is 3.93. The van der Waals surface area contributed by atoms with Gasteiger partial charge in [-0.05, 0) is 12.8 Å². The molecular weight excluding hydrogens is 223 g/mol. The number of hydrogen-bond donors (Lipinski definition) is 0. The number of halogens is 1. The quantitative estimate of drug-likeness (QED) is 0.549. The van der Waals surface area contributed by atoms with Crippen LogP contribution in [-0.4, -0.2) is 26.2 Å². The first-order valence-electron chi connectivity index (χ1n) is 4.95. The first kappa shape index (κ1) is 12.4. The van der Waals surface area contributed by atoms with Crippen molar-refractivity contribution >= 4 is 16.2 Å². The molecule has 6 heteroatoms. The molecule has 1 aliphatic rings. The molecule has 1 aliphatic heterocycles. The first-order chi connectivity index (χ1) is 6.83. The molecule has 0 amide bonds. The number of ether oxygens (including phenoxy) is 1. The highest BCUT2D eigenvalue weighted by Crippen LogP contribution is 2.42. The maximum atomic E-state index is 12.6. The molecule has 0 bridgehead atoms. The van der Waals surface area contributed by atoms with E-state index < -0.39 is 33.5 Å². The standard InChI is InChI=1S/C9H15FO4S/c1-3-9(4-2)5-8(11)14-7(9)6-15(10,12)13/h7H,3-6H2,1-2H3. The third-order valence-corrected chi connectivity index (χ3v) is 3.91. The van der Waals surface area contributed by atoms with E-state index in [1.807, 2.05) is 13.8 Å². The van der Waals surface area contributed by atoms with Gasteiger partial charge in [-0.3, -0.25) is 4.79 Å². The van der Waals surface area contributed by atoms with Crippen molar-refractivity contribution < 1.29 is 21.8 Å². The van der Waals surface area contributed by atoms with Crippen molar-refractivity contribution in [3.63, 3.8) is 0 Å². The summed E-state index contributed by atoms with van der Waals surface area (Å²) in [6.45, 7) is 3.70. The Labute approximate surface area is 89.0 Å². The van der Waals surface area contributed by atoms with Crippen LogP contribution < -0.4 is 0 Å². The Morgan fingerprint density at radius 2 is 2.00 bits per heavy atom.